The molecule has 0 aliphatic rings. The second-order valence-corrected chi connectivity index (χ2v) is 6.14. The molecule has 1 aromatic heterocycles. The van der Waals surface area contributed by atoms with Gasteiger partial charge in [0.25, 0.3) is 0 Å². The zero-order valence-electron chi connectivity index (χ0n) is 13.5. The minimum atomic E-state index is -0.475. The van der Waals surface area contributed by atoms with Gasteiger partial charge in [0.1, 0.15) is 18.2 Å². The predicted molar refractivity (Wildman–Crippen MR) is 92.9 cm³/mol. The number of rotatable bonds is 6. The molecule has 1 heterocycles. The number of terminal acetylenes is 1. The van der Waals surface area contributed by atoms with Crippen molar-refractivity contribution in [3.63, 3.8) is 0 Å². The van der Waals surface area contributed by atoms with Gasteiger partial charge in [-0.3, -0.25) is 0 Å². The van der Waals surface area contributed by atoms with Crippen LogP contribution in [0.5, 0.6) is 5.75 Å². The first-order chi connectivity index (χ1) is 11.5. The molecule has 0 saturated carbocycles. The van der Waals surface area contributed by atoms with Gasteiger partial charge in [-0.15, -0.1) is 17.8 Å². The number of anilines is 1. The van der Waals surface area contributed by atoms with Crippen molar-refractivity contribution in [2.75, 3.05) is 25.5 Å². The third-order valence-corrected chi connectivity index (χ3v) is 4.27. The zero-order valence-corrected chi connectivity index (χ0v) is 14.3. The van der Waals surface area contributed by atoms with Crippen LogP contribution >= 0.6 is 11.3 Å². The van der Waals surface area contributed by atoms with Crippen molar-refractivity contribution < 1.29 is 13.9 Å². The average Bonchev–Trinajstić information content (AvgIpc) is 3.08. The SMILES string of the molecule is C#CCOc1ccc(F)cc1NC(=O)N(C)C[C@H](C)c1nccs1. The van der Waals surface area contributed by atoms with Crippen LogP contribution in [-0.2, 0) is 0 Å². The predicted octanol–water partition coefficient (Wildman–Crippen LogP) is 3.56. The fraction of sp³-hybridized carbons (Fsp3) is 0.294. The van der Waals surface area contributed by atoms with Crippen LogP contribution in [0.3, 0.4) is 0 Å². The number of thiazole rings is 1. The van der Waals surface area contributed by atoms with Crippen molar-refractivity contribution in [3.05, 3.63) is 40.6 Å². The van der Waals surface area contributed by atoms with Crippen LogP contribution in [0, 0.1) is 18.2 Å². The average molecular weight is 347 g/mol. The number of benzene rings is 1. The number of nitrogens with zero attached hydrogens (tertiary/aromatic N) is 2. The molecule has 0 unspecified atom stereocenters. The summed E-state index contributed by atoms with van der Waals surface area (Å²) < 4.78 is 18.8. The number of carbonyl (C=O) groups is 1. The lowest BCUT2D eigenvalue weighted by molar-refractivity contribution is 0.220. The number of amides is 2. The summed E-state index contributed by atoms with van der Waals surface area (Å²) in [5.41, 5.74) is 0.240. The Hall–Kier alpha value is -2.59. The Morgan fingerprint density at radius 3 is 3.04 bits per heavy atom. The van der Waals surface area contributed by atoms with Gasteiger partial charge in [0.15, 0.2) is 0 Å². The van der Waals surface area contributed by atoms with Crippen LogP contribution in [-0.4, -0.2) is 36.1 Å². The molecule has 7 heteroatoms. The molecule has 2 rings (SSSR count). The highest BCUT2D eigenvalue weighted by Gasteiger charge is 2.17. The minimum absolute atomic E-state index is 0.0332. The van der Waals surface area contributed by atoms with E-state index in [1.807, 2.05) is 12.3 Å². The molecule has 0 aliphatic carbocycles. The fourth-order valence-electron chi connectivity index (χ4n) is 2.11. The molecule has 126 valence electrons. The number of halogens is 1. The lowest BCUT2D eigenvalue weighted by Gasteiger charge is -2.21. The number of ether oxygens (including phenoxy) is 1. The molecule has 1 aromatic carbocycles. The lowest BCUT2D eigenvalue weighted by atomic mass is 10.2. The quantitative estimate of drug-likeness (QED) is 0.813. The largest absolute Gasteiger partial charge is 0.479 e. The normalized spacial score (nSPS) is 11.4. The van der Waals surface area contributed by atoms with E-state index in [1.165, 1.54) is 23.1 Å². The van der Waals surface area contributed by atoms with Gasteiger partial charge in [-0.05, 0) is 12.1 Å². The number of likely N-dealkylation sites (N-methyl/N-ethyl adjacent to an activating group) is 1. The third-order valence-electron chi connectivity index (χ3n) is 3.26. The van der Waals surface area contributed by atoms with Crippen LogP contribution < -0.4 is 10.1 Å². The maximum atomic E-state index is 13.4. The van der Waals surface area contributed by atoms with Crippen molar-refractivity contribution in [2.45, 2.75) is 12.8 Å². The van der Waals surface area contributed by atoms with E-state index in [0.29, 0.717) is 12.3 Å². The maximum Gasteiger partial charge on any atom is 0.321 e. The van der Waals surface area contributed by atoms with Gasteiger partial charge in [-0.2, -0.15) is 0 Å². The molecule has 2 aromatic rings. The Morgan fingerprint density at radius 1 is 1.58 bits per heavy atom. The summed E-state index contributed by atoms with van der Waals surface area (Å²) in [6.45, 7) is 2.51. The van der Waals surface area contributed by atoms with Crippen molar-refractivity contribution in [1.82, 2.24) is 9.88 Å². The van der Waals surface area contributed by atoms with E-state index < -0.39 is 5.82 Å². The molecular formula is C17H18FN3O2S. The van der Waals surface area contributed by atoms with Crippen molar-refractivity contribution in [1.29, 1.82) is 0 Å². The highest BCUT2D eigenvalue weighted by Crippen LogP contribution is 2.26. The van der Waals surface area contributed by atoms with Gasteiger partial charge in [0.2, 0.25) is 0 Å². The van der Waals surface area contributed by atoms with Gasteiger partial charge >= 0.3 is 6.03 Å². The Kier molecular flexibility index (Phi) is 6.15. The molecular weight excluding hydrogens is 329 g/mol. The molecule has 1 N–H and O–H groups in total. The lowest BCUT2D eigenvalue weighted by Crippen LogP contribution is -2.34. The fourth-order valence-corrected chi connectivity index (χ4v) is 2.80. The molecule has 0 aliphatic heterocycles. The Bertz CT molecular complexity index is 728. The topological polar surface area (TPSA) is 54.5 Å². The third kappa shape index (κ3) is 4.70. The molecule has 2 amide bonds. The Morgan fingerprint density at radius 2 is 2.38 bits per heavy atom. The molecule has 0 saturated heterocycles. The summed E-state index contributed by atoms with van der Waals surface area (Å²) in [5, 5.41) is 5.50. The van der Waals surface area contributed by atoms with Crippen molar-refractivity contribution in [3.8, 4) is 18.1 Å². The first kappa shape index (κ1) is 17.8. The second-order valence-electron chi connectivity index (χ2n) is 5.22. The number of aromatic nitrogens is 1. The van der Waals surface area contributed by atoms with E-state index in [1.54, 1.807) is 24.6 Å². The summed E-state index contributed by atoms with van der Waals surface area (Å²) in [4.78, 5) is 18.1. The summed E-state index contributed by atoms with van der Waals surface area (Å²) >= 11 is 1.54. The molecule has 24 heavy (non-hydrogen) atoms. The summed E-state index contributed by atoms with van der Waals surface area (Å²) in [5.74, 6) is 2.28. The van der Waals surface area contributed by atoms with Crippen molar-refractivity contribution >= 4 is 23.1 Å². The standard InChI is InChI=1S/C17H18FN3O2S/c1-4-8-23-15-6-5-13(18)10-14(15)20-17(22)21(3)11-12(2)16-19-7-9-24-16/h1,5-7,9-10,12H,8,11H2,2-3H3,(H,20,22)/t12-/m0/s1. The van der Waals surface area contributed by atoms with E-state index >= 15 is 0 Å². The van der Waals surface area contributed by atoms with Gasteiger partial charge in [0.05, 0.1) is 10.7 Å². The summed E-state index contributed by atoms with van der Waals surface area (Å²) in [6.07, 6.45) is 6.89. The number of hydrogen-bond donors (Lipinski definition) is 1. The van der Waals surface area contributed by atoms with Crippen LogP contribution in [0.15, 0.2) is 29.8 Å². The Balaban J connectivity index is 2.03. The van der Waals surface area contributed by atoms with Gasteiger partial charge in [-0.25, -0.2) is 14.2 Å². The first-order valence-electron chi connectivity index (χ1n) is 7.28. The highest BCUT2D eigenvalue weighted by atomic mass is 32.1. The second kappa shape index (κ2) is 8.31. The van der Waals surface area contributed by atoms with Gasteiger partial charge in [-0.1, -0.05) is 12.8 Å². The van der Waals surface area contributed by atoms with E-state index in [2.05, 4.69) is 16.2 Å². The molecule has 0 spiro atoms. The van der Waals surface area contributed by atoms with E-state index in [-0.39, 0.29) is 24.2 Å². The van der Waals surface area contributed by atoms with Crippen LogP contribution in [0.2, 0.25) is 0 Å². The smallest absolute Gasteiger partial charge is 0.321 e. The molecule has 0 radical (unpaired) electrons. The van der Waals surface area contributed by atoms with Crippen LogP contribution in [0.1, 0.15) is 17.8 Å². The van der Waals surface area contributed by atoms with Crippen molar-refractivity contribution in [2.24, 2.45) is 0 Å². The van der Waals surface area contributed by atoms with E-state index in [9.17, 15) is 9.18 Å². The number of urea groups is 1. The minimum Gasteiger partial charge on any atom is -0.479 e. The van der Waals surface area contributed by atoms with E-state index in [0.717, 1.165) is 5.01 Å². The van der Waals surface area contributed by atoms with E-state index in [4.69, 9.17) is 11.2 Å². The first-order valence-corrected chi connectivity index (χ1v) is 8.16. The number of carbonyl (C=O) groups excluding carboxylic acids is 1. The molecule has 5 nitrogen and oxygen atoms in total. The maximum absolute atomic E-state index is 13.4. The zero-order chi connectivity index (χ0) is 17.5. The summed E-state index contributed by atoms with van der Waals surface area (Å²) in [7, 11) is 1.67. The van der Waals surface area contributed by atoms with Crippen LogP contribution in [0.25, 0.3) is 0 Å². The molecule has 0 fully saturated rings. The molecule has 0 bridgehead atoms. The van der Waals surface area contributed by atoms with Gasteiger partial charge < -0.3 is 15.0 Å². The number of nitrogens with one attached hydrogen (secondary N) is 1. The van der Waals surface area contributed by atoms with Crippen LogP contribution in [0.4, 0.5) is 14.9 Å². The molecule has 1 atom stereocenters. The highest BCUT2D eigenvalue weighted by molar-refractivity contribution is 7.09. The Labute approximate surface area is 144 Å². The van der Waals surface area contributed by atoms with Gasteiger partial charge in [0, 0.05) is 37.2 Å². The monoisotopic (exact) mass is 347 g/mol. The number of hydrogen-bond acceptors (Lipinski definition) is 4. The summed E-state index contributed by atoms with van der Waals surface area (Å²) in [6, 6.07) is 3.51.